The average molecular weight is 298 g/mol. The molecule has 4 nitrogen and oxygen atoms in total. The molecule has 0 saturated carbocycles. The van der Waals surface area contributed by atoms with Crippen LogP contribution < -0.4 is 16.1 Å². The van der Waals surface area contributed by atoms with Crippen molar-refractivity contribution in [1.82, 2.24) is 4.73 Å². The number of benzene rings is 2. The van der Waals surface area contributed by atoms with Gasteiger partial charge in [-0.15, -0.1) is 4.73 Å². The number of hydrogen-bond acceptors (Lipinski definition) is 3. The molecule has 0 radical (unpaired) electrons. The van der Waals surface area contributed by atoms with Crippen molar-refractivity contribution in [3.63, 3.8) is 0 Å². The van der Waals surface area contributed by atoms with Crippen LogP contribution in [0.2, 0.25) is 0 Å². The van der Waals surface area contributed by atoms with E-state index in [2.05, 4.69) is 0 Å². The van der Waals surface area contributed by atoms with Gasteiger partial charge in [0.2, 0.25) is 0 Å². The van der Waals surface area contributed by atoms with Crippen LogP contribution in [-0.2, 0) is 0 Å². The molecule has 0 aliphatic rings. The van der Waals surface area contributed by atoms with Gasteiger partial charge in [-0.1, -0.05) is 36.4 Å². The summed E-state index contributed by atoms with van der Waals surface area (Å²) in [5, 5.41) is 2.32. The molecule has 1 heterocycles. The van der Waals surface area contributed by atoms with Crippen molar-refractivity contribution >= 4 is 21.7 Å². The number of aromatic nitrogens is 1. The van der Waals surface area contributed by atoms with E-state index in [-0.39, 0.29) is 24.3 Å². The highest BCUT2D eigenvalue weighted by molar-refractivity contribution is 6.05. The van der Waals surface area contributed by atoms with Gasteiger partial charge in [-0.05, 0) is 17.5 Å². The molecule has 0 fully saturated rings. The summed E-state index contributed by atoms with van der Waals surface area (Å²) in [7, 11) is 0. The fraction of sp³-hybridized carbons (Fsp3) is 0.118. The number of rotatable bonds is 4. The van der Waals surface area contributed by atoms with E-state index >= 15 is 0 Å². The molecular formula is C17H15FN2O2. The number of para-hydroxylation sites is 1. The minimum atomic E-state index is -0.274. The molecule has 2 N–H and O–H groups in total. The molecule has 3 aromatic rings. The van der Waals surface area contributed by atoms with Gasteiger partial charge in [0.15, 0.2) is 0 Å². The van der Waals surface area contributed by atoms with Gasteiger partial charge >= 0.3 is 0 Å². The third-order valence-corrected chi connectivity index (χ3v) is 3.55. The molecule has 112 valence electrons. The Hall–Kier alpha value is -2.66. The number of nitrogens with two attached hydrogens (primary N) is 1. The van der Waals surface area contributed by atoms with Gasteiger partial charge in [-0.25, -0.2) is 4.39 Å². The third-order valence-electron chi connectivity index (χ3n) is 3.55. The third kappa shape index (κ3) is 2.35. The lowest BCUT2D eigenvalue weighted by Crippen LogP contribution is -2.29. The van der Waals surface area contributed by atoms with E-state index in [1.54, 1.807) is 18.2 Å². The van der Waals surface area contributed by atoms with Crippen LogP contribution >= 0.6 is 0 Å². The smallest absolute Gasteiger partial charge is 0.291 e. The molecule has 3 rings (SSSR count). The van der Waals surface area contributed by atoms with E-state index in [4.69, 9.17) is 10.6 Å². The molecule has 1 aromatic heterocycles. The molecule has 0 aliphatic carbocycles. The predicted octanol–water partition coefficient (Wildman–Crippen LogP) is 2.40. The lowest BCUT2D eigenvalue weighted by atomic mass is 10.1. The van der Waals surface area contributed by atoms with Gasteiger partial charge in [0.1, 0.15) is 6.61 Å². The lowest BCUT2D eigenvalue weighted by Gasteiger charge is -2.14. The first kappa shape index (κ1) is 14.3. The van der Waals surface area contributed by atoms with Crippen molar-refractivity contribution in [2.45, 2.75) is 0 Å². The standard InChI is InChI=1S/C17H15FN2O2/c18-9-12(10-19)11-22-20-16-8-4-3-6-14(16)13-5-1-2-7-15(13)17(20)21/h1-9H,10-11,19H2/b12-9+. The van der Waals surface area contributed by atoms with Crippen LogP contribution in [-0.4, -0.2) is 17.9 Å². The van der Waals surface area contributed by atoms with Gasteiger partial charge < -0.3 is 10.6 Å². The molecule has 0 bridgehead atoms. The Balaban J connectivity index is 2.23. The monoisotopic (exact) mass is 298 g/mol. The minimum Gasteiger partial charge on any atom is -0.406 e. The van der Waals surface area contributed by atoms with Crippen LogP contribution in [0.3, 0.4) is 0 Å². The number of fused-ring (bicyclic) bond motifs is 3. The van der Waals surface area contributed by atoms with Crippen LogP contribution in [0.15, 0.2) is 65.2 Å². The first-order chi connectivity index (χ1) is 10.8. The van der Waals surface area contributed by atoms with Crippen molar-refractivity contribution in [2.24, 2.45) is 5.73 Å². The normalized spacial score (nSPS) is 12.0. The van der Waals surface area contributed by atoms with E-state index in [0.717, 1.165) is 10.8 Å². The number of pyridine rings is 1. The van der Waals surface area contributed by atoms with Crippen molar-refractivity contribution < 1.29 is 9.23 Å². The number of nitrogens with zero attached hydrogens (tertiary/aromatic N) is 1. The highest BCUT2D eigenvalue weighted by Gasteiger charge is 2.11. The molecule has 0 amide bonds. The van der Waals surface area contributed by atoms with Gasteiger partial charge in [0.05, 0.1) is 17.2 Å². The Bertz CT molecular complexity index is 915. The molecule has 0 atom stereocenters. The topological polar surface area (TPSA) is 57.2 Å². The SMILES string of the molecule is NC/C(=C\F)COn1c(=O)c2ccccc2c2ccccc21. The van der Waals surface area contributed by atoms with Crippen LogP contribution in [0.25, 0.3) is 21.7 Å². The Labute approximate surface area is 126 Å². The van der Waals surface area contributed by atoms with Gasteiger partial charge in [0, 0.05) is 17.5 Å². The second-order valence-electron chi connectivity index (χ2n) is 4.91. The molecular weight excluding hydrogens is 283 g/mol. The zero-order valence-corrected chi connectivity index (χ0v) is 11.8. The highest BCUT2D eigenvalue weighted by atomic mass is 19.1. The maximum Gasteiger partial charge on any atom is 0.291 e. The average Bonchev–Trinajstić information content (AvgIpc) is 2.58. The van der Waals surface area contributed by atoms with Crippen LogP contribution in [0, 0.1) is 0 Å². The van der Waals surface area contributed by atoms with Crippen LogP contribution in [0.4, 0.5) is 4.39 Å². The Morgan fingerprint density at radius 1 is 1.09 bits per heavy atom. The molecule has 22 heavy (non-hydrogen) atoms. The molecule has 0 unspecified atom stereocenters. The maximum atomic E-state index is 12.6. The number of halogens is 1. The second kappa shape index (κ2) is 5.99. The summed E-state index contributed by atoms with van der Waals surface area (Å²) < 4.78 is 13.8. The van der Waals surface area contributed by atoms with Crippen LogP contribution in [0.1, 0.15) is 0 Å². The largest absolute Gasteiger partial charge is 0.406 e. The lowest BCUT2D eigenvalue weighted by molar-refractivity contribution is 0.131. The van der Waals surface area contributed by atoms with Gasteiger partial charge in [0.25, 0.3) is 5.56 Å². The Morgan fingerprint density at radius 3 is 2.41 bits per heavy atom. The molecule has 0 spiro atoms. The summed E-state index contributed by atoms with van der Waals surface area (Å²) >= 11 is 0. The van der Waals surface area contributed by atoms with E-state index in [1.165, 1.54) is 4.73 Å². The molecule has 2 aromatic carbocycles. The number of hydrogen-bond donors (Lipinski definition) is 1. The molecule has 0 saturated heterocycles. The summed E-state index contributed by atoms with van der Waals surface area (Å²) in [4.78, 5) is 18.1. The molecule has 0 aliphatic heterocycles. The Kier molecular flexibility index (Phi) is 3.89. The van der Waals surface area contributed by atoms with E-state index < -0.39 is 0 Å². The quantitative estimate of drug-likeness (QED) is 0.752. The van der Waals surface area contributed by atoms with Gasteiger partial charge in [-0.3, -0.25) is 4.79 Å². The van der Waals surface area contributed by atoms with Crippen molar-refractivity contribution in [3.8, 4) is 0 Å². The summed E-state index contributed by atoms with van der Waals surface area (Å²) in [5.41, 5.74) is 6.06. The fourth-order valence-electron chi connectivity index (χ4n) is 2.41. The first-order valence-electron chi connectivity index (χ1n) is 6.90. The van der Waals surface area contributed by atoms with Gasteiger partial charge in [-0.2, -0.15) is 0 Å². The van der Waals surface area contributed by atoms with Crippen LogP contribution in [0.5, 0.6) is 0 Å². The fourth-order valence-corrected chi connectivity index (χ4v) is 2.41. The van der Waals surface area contributed by atoms with E-state index in [1.807, 2.05) is 30.3 Å². The van der Waals surface area contributed by atoms with E-state index in [0.29, 0.717) is 17.2 Å². The summed E-state index contributed by atoms with van der Waals surface area (Å²) in [6.07, 6.45) is 0.411. The Morgan fingerprint density at radius 2 is 1.73 bits per heavy atom. The van der Waals surface area contributed by atoms with Crippen molar-refractivity contribution in [2.75, 3.05) is 13.2 Å². The second-order valence-corrected chi connectivity index (χ2v) is 4.91. The van der Waals surface area contributed by atoms with Crippen molar-refractivity contribution in [1.29, 1.82) is 0 Å². The summed E-state index contributed by atoms with van der Waals surface area (Å²) in [6, 6.07) is 14.8. The summed E-state index contributed by atoms with van der Waals surface area (Å²) in [5.74, 6) is 0. The summed E-state index contributed by atoms with van der Waals surface area (Å²) in [6.45, 7) is -0.0357. The van der Waals surface area contributed by atoms with Crippen molar-refractivity contribution in [3.05, 3.63) is 70.8 Å². The first-order valence-corrected chi connectivity index (χ1v) is 6.90. The van der Waals surface area contributed by atoms with E-state index in [9.17, 15) is 9.18 Å². The predicted molar refractivity (Wildman–Crippen MR) is 85.4 cm³/mol. The minimum absolute atomic E-state index is 0.0385. The highest BCUT2D eigenvalue weighted by Crippen LogP contribution is 2.21. The molecule has 5 heteroatoms. The maximum absolute atomic E-state index is 12.6. The zero-order valence-electron chi connectivity index (χ0n) is 11.8. The zero-order chi connectivity index (χ0) is 15.5.